The summed E-state index contributed by atoms with van der Waals surface area (Å²) in [6.07, 6.45) is 1.16. The van der Waals surface area contributed by atoms with E-state index in [-0.39, 0.29) is 5.91 Å². The van der Waals surface area contributed by atoms with E-state index < -0.39 is 0 Å². The van der Waals surface area contributed by atoms with E-state index in [1.54, 1.807) is 11.3 Å². The highest BCUT2D eigenvalue weighted by molar-refractivity contribution is 7.18. The van der Waals surface area contributed by atoms with Crippen molar-refractivity contribution >= 4 is 27.5 Å². The summed E-state index contributed by atoms with van der Waals surface area (Å²) in [4.78, 5) is 19.1. The molecule has 3 rings (SSSR count). The molecule has 0 aliphatic heterocycles. The largest absolute Gasteiger partial charge is 0.352 e. The predicted molar refractivity (Wildman–Crippen MR) is 113 cm³/mol. The Balaban J connectivity index is 1.44. The van der Waals surface area contributed by atoms with Crippen LogP contribution in [0.3, 0.4) is 0 Å². The molecule has 0 atom stereocenters. The zero-order valence-corrected chi connectivity index (χ0v) is 16.9. The highest BCUT2D eigenvalue weighted by atomic mass is 32.1. The molecule has 0 saturated carbocycles. The molecule has 4 nitrogen and oxygen atoms in total. The third-order valence-electron chi connectivity index (χ3n) is 4.72. The first kappa shape index (κ1) is 19.5. The summed E-state index contributed by atoms with van der Waals surface area (Å²) in [6, 6.07) is 16.6. The number of hydrogen-bond donors (Lipinski definition) is 1. The molecule has 0 aliphatic rings. The summed E-state index contributed by atoms with van der Waals surface area (Å²) in [5.74, 6) is 0.0708. The molecule has 142 valence electrons. The number of fused-ring (bicyclic) bond motifs is 1. The molecule has 1 heterocycles. The van der Waals surface area contributed by atoms with Crippen LogP contribution in [0, 0.1) is 0 Å². The molecule has 27 heavy (non-hydrogen) atoms. The van der Waals surface area contributed by atoms with Gasteiger partial charge in [0.15, 0.2) is 0 Å². The molecule has 0 bridgehead atoms. The van der Waals surface area contributed by atoms with Gasteiger partial charge in [0.05, 0.1) is 15.2 Å². The molecule has 3 aromatic rings. The Morgan fingerprint density at radius 2 is 1.74 bits per heavy atom. The van der Waals surface area contributed by atoms with Gasteiger partial charge in [-0.15, -0.1) is 11.3 Å². The maximum Gasteiger partial charge on any atom is 0.220 e. The maximum absolute atomic E-state index is 12.2. The van der Waals surface area contributed by atoms with Gasteiger partial charge in [-0.1, -0.05) is 50.2 Å². The normalized spacial score (nSPS) is 11.2. The van der Waals surface area contributed by atoms with E-state index in [1.165, 1.54) is 10.3 Å². The third-order valence-corrected chi connectivity index (χ3v) is 5.81. The minimum absolute atomic E-state index is 0.0708. The fraction of sp³-hybridized carbons (Fsp3) is 0.364. The van der Waals surface area contributed by atoms with Crippen molar-refractivity contribution in [2.75, 3.05) is 13.1 Å². The second kappa shape index (κ2) is 9.62. The molecule has 1 aromatic heterocycles. The number of rotatable bonds is 9. The Bertz CT molecular complexity index is 836. The number of nitrogens with one attached hydrogen (secondary N) is 1. The van der Waals surface area contributed by atoms with Crippen LogP contribution >= 0.6 is 11.3 Å². The molecule has 1 N–H and O–H groups in total. The fourth-order valence-corrected chi connectivity index (χ4v) is 3.97. The van der Waals surface area contributed by atoms with Gasteiger partial charge in [0, 0.05) is 25.9 Å². The topological polar surface area (TPSA) is 45.2 Å². The zero-order valence-electron chi connectivity index (χ0n) is 16.1. The first-order valence-corrected chi connectivity index (χ1v) is 10.4. The quantitative estimate of drug-likeness (QED) is 0.598. The van der Waals surface area contributed by atoms with Crippen LogP contribution in [0.15, 0.2) is 48.5 Å². The van der Waals surface area contributed by atoms with E-state index in [9.17, 15) is 4.79 Å². The summed E-state index contributed by atoms with van der Waals surface area (Å²) < 4.78 is 1.18. The minimum atomic E-state index is 0.0708. The SMILES string of the molecule is CCN(CC)Cc1ccc(CNC(=O)CCc2nc3ccccc3s2)cc1. The van der Waals surface area contributed by atoms with Gasteiger partial charge in [-0.3, -0.25) is 9.69 Å². The van der Waals surface area contributed by atoms with Gasteiger partial charge in [0.1, 0.15) is 0 Å². The van der Waals surface area contributed by atoms with Gasteiger partial charge in [-0.2, -0.15) is 0 Å². The van der Waals surface area contributed by atoms with Crippen LogP contribution in [0.5, 0.6) is 0 Å². The van der Waals surface area contributed by atoms with Crippen molar-refractivity contribution < 1.29 is 4.79 Å². The lowest BCUT2D eigenvalue weighted by Gasteiger charge is -2.18. The smallest absolute Gasteiger partial charge is 0.220 e. The van der Waals surface area contributed by atoms with Crippen LogP contribution in [0.1, 0.15) is 36.4 Å². The molecular formula is C22H27N3OS. The average Bonchev–Trinajstić information content (AvgIpc) is 3.13. The van der Waals surface area contributed by atoms with Gasteiger partial charge in [0.2, 0.25) is 5.91 Å². The number of thiazole rings is 1. The van der Waals surface area contributed by atoms with Gasteiger partial charge in [-0.25, -0.2) is 4.98 Å². The molecule has 5 heteroatoms. The van der Waals surface area contributed by atoms with Gasteiger partial charge in [-0.05, 0) is 36.3 Å². The first-order valence-electron chi connectivity index (χ1n) is 9.59. The lowest BCUT2D eigenvalue weighted by Crippen LogP contribution is -2.23. The summed E-state index contributed by atoms with van der Waals surface area (Å²) in [6.45, 7) is 8.03. The van der Waals surface area contributed by atoms with Crippen molar-refractivity contribution in [1.82, 2.24) is 15.2 Å². The molecule has 0 fully saturated rings. The van der Waals surface area contributed by atoms with Gasteiger partial charge >= 0.3 is 0 Å². The Kier molecular flexibility index (Phi) is 6.96. The van der Waals surface area contributed by atoms with Crippen molar-refractivity contribution in [3.05, 3.63) is 64.7 Å². The Morgan fingerprint density at radius 1 is 1.04 bits per heavy atom. The van der Waals surface area contributed by atoms with Crippen LogP contribution in [-0.2, 0) is 24.3 Å². The Hall–Kier alpha value is -2.24. The second-order valence-corrected chi connectivity index (χ2v) is 7.75. The number of nitrogens with zero attached hydrogens (tertiary/aromatic N) is 2. The highest BCUT2D eigenvalue weighted by Gasteiger charge is 2.07. The number of benzene rings is 2. The lowest BCUT2D eigenvalue weighted by molar-refractivity contribution is -0.121. The van der Waals surface area contributed by atoms with Crippen molar-refractivity contribution in [2.24, 2.45) is 0 Å². The maximum atomic E-state index is 12.2. The van der Waals surface area contributed by atoms with Crippen LogP contribution in [-0.4, -0.2) is 28.9 Å². The third kappa shape index (κ3) is 5.62. The van der Waals surface area contributed by atoms with E-state index in [0.29, 0.717) is 19.4 Å². The number of aromatic nitrogens is 1. The molecule has 0 radical (unpaired) electrons. The molecule has 0 saturated heterocycles. The van der Waals surface area contributed by atoms with Gasteiger partial charge < -0.3 is 5.32 Å². The first-order chi connectivity index (χ1) is 13.2. The molecule has 0 aliphatic carbocycles. The summed E-state index contributed by atoms with van der Waals surface area (Å²) in [5.41, 5.74) is 3.46. The molecule has 0 spiro atoms. The summed E-state index contributed by atoms with van der Waals surface area (Å²) in [7, 11) is 0. The van der Waals surface area contributed by atoms with E-state index in [1.807, 2.05) is 18.2 Å². The average molecular weight is 382 g/mol. The standard InChI is InChI=1S/C22H27N3OS/c1-3-25(4-2)16-18-11-9-17(10-12-18)15-23-21(26)13-14-22-24-19-7-5-6-8-20(19)27-22/h5-12H,3-4,13-16H2,1-2H3,(H,23,26). The molecule has 2 aromatic carbocycles. The van der Waals surface area contributed by atoms with Crippen molar-refractivity contribution in [2.45, 2.75) is 39.8 Å². The number of carbonyl (C=O) groups excluding carboxylic acids is 1. The van der Waals surface area contributed by atoms with E-state index in [0.717, 1.165) is 35.7 Å². The molecule has 0 unspecified atom stereocenters. The van der Waals surface area contributed by atoms with Crippen molar-refractivity contribution in [1.29, 1.82) is 0 Å². The number of amides is 1. The number of hydrogen-bond acceptors (Lipinski definition) is 4. The number of aryl methyl sites for hydroxylation is 1. The zero-order chi connectivity index (χ0) is 19.1. The molecule has 1 amide bonds. The van der Waals surface area contributed by atoms with Crippen LogP contribution < -0.4 is 5.32 Å². The second-order valence-electron chi connectivity index (χ2n) is 6.63. The number of carbonyl (C=O) groups is 1. The van der Waals surface area contributed by atoms with Crippen LogP contribution in [0.2, 0.25) is 0 Å². The van der Waals surface area contributed by atoms with Gasteiger partial charge in [0.25, 0.3) is 0 Å². The van der Waals surface area contributed by atoms with Crippen molar-refractivity contribution in [3.63, 3.8) is 0 Å². The van der Waals surface area contributed by atoms with Crippen LogP contribution in [0.4, 0.5) is 0 Å². The summed E-state index contributed by atoms with van der Waals surface area (Å²) in [5, 5.41) is 4.03. The monoisotopic (exact) mass is 381 g/mol. The molecular weight excluding hydrogens is 354 g/mol. The van der Waals surface area contributed by atoms with E-state index >= 15 is 0 Å². The Labute approximate surface area is 165 Å². The minimum Gasteiger partial charge on any atom is -0.352 e. The van der Waals surface area contributed by atoms with Crippen molar-refractivity contribution in [3.8, 4) is 0 Å². The summed E-state index contributed by atoms with van der Waals surface area (Å²) >= 11 is 1.67. The Morgan fingerprint density at radius 3 is 2.44 bits per heavy atom. The number of para-hydroxylation sites is 1. The highest BCUT2D eigenvalue weighted by Crippen LogP contribution is 2.22. The predicted octanol–water partition coefficient (Wildman–Crippen LogP) is 4.39. The van der Waals surface area contributed by atoms with E-state index in [4.69, 9.17) is 0 Å². The van der Waals surface area contributed by atoms with Crippen LogP contribution in [0.25, 0.3) is 10.2 Å². The lowest BCUT2D eigenvalue weighted by atomic mass is 10.1. The van der Waals surface area contributed by atoms with E-state index in [2.05, 4.69) is 59.4 Å². The fourth-order valence-electron chi connectivity index (χ4n) is 3.00.